The topological polar surface area (TPSA) is 97.2 Å². The standard InChI is InChI=1S/C20H17ClN2O5S/c1-11(19(25)26)28-17-12(5-3-8-15(17)27-2)9-16-18(24)23-20(29-16)22-14-7-4-6-13(21)10-14/h3-11H,1-2H3,(H,25,26)(H,22,23,24)/b16-9-/t11-/m0/s1. The minimum atomic E-state index is -1.11. The van der Waals surface area contributed by atoms with Crippen LogP contribution in [-0.4, -0.2) is 35.4 Å². The van der Waals surface area contributed by atoms with E-state index < -0.39 is 12.1 Å². The molecule has 3 rings (SSSR count). The first-order valence-electron chi connectivity index (χ1n) is 8.49. The summed E-state index contributed by atoms with van der Waals surface area (Å²) in [6.07, 6.45) is 0.515. The van der Waals surface area contributed by atoms with Crippen LogP contribution in [-0.2, 0) is 9.59 Å². The lowest BCUT2D eigenvalue weighted by Crippen LogP contribution is -2.23. The van der Waals surface area contributed by atoms with E-state index in [4.69, 9.17) is 26.2 Å². The number of hydrogen-bond donors (Lipinski definition) is 2. The van der Waals surface area contributed by atoms with Crippen LogP contribution in [0.15, 0.2) is 52.4 Å². The molecule has 2 aromatic carbocycles. The zero-order valence-corrected chi connectivity index (χ0v) is 17.1. The lowest BCUT2D eigenvalue weighted by atomic mass is 10.1. The number of carboxylic acids is 1. The number of benzene rings is 2. The van der Waals surface area contributed by atoms with Gasteiger partial charge in [0.1, 0.15) is 0 Å². The van der Waals surface area contributed by atoms with Crippen molar-refractivity contribution in [2.45, 2.75) is 13.0 Å². The van der Waals surface area contributed by atoms with Crippen molar-refractivity contribution in [3.05, 3.63) is 58.0 Å². The molecule has 1 aliphatic heterocycles. The van der Waals surface area contributed by atoms with Crippen molar-refractivity contribution in [1.29, 1.82) is 0 Å². The molecule has 0 aromatic heterocycles. The second-order valence-electron chi connectivity index (χ2n) is 5.94. The Morgan fingerprint density at radius 1 is 1.31 bits per heavy atom. The maximum atomic E-state index is 12.4. The van der Waals surface area contributed by atoms with Crippen molar-refractivity contribution in [1.82, 2.24) is 5.32 Å². The highest BCUT2D eigenvalue weighted by molar-refractivity contribution is 8.18. The molecule has 1 saturated heterocycles. The molecular weight excluding hydrogens is 416 g/mol. The number of carboxylic acid groups (broad SMARTS) is 1. The Bertz CT molecular complexity index is 1020. The van der Waals surface area contributed by atoms with Crippen molar-refractivity contribution >= 4 is 52.2 Å². The van der Waals surface area contributed by atoms with Crippen LogP contribution < -0.4 is 14.8 Å². The second kappa shape index (κ2) is 9.02. The van der Waals surface area contributed by atoms with Gasteiger partial charge in [-0.15, -0.1) is 0 Å². The largest absolute Gasteiger partial charge is 0.493 e. The smallest absolute Gasteiger partial charge is 0.344 e. The SMILES string of the molecule is COc1cccc(/C=C2\SC(=Nc3cccc(Cl)c3)NC2=O)c1O[C@@H](C)C(=O)O. The molecule has 0 radical (unpaired) electrons. The molecule has 1 atom stereocenters. The van der Waals surface area contributed by atoms with Gasteiger partial charge in [0, 0.05) is 10.6 Å². The van der Waals surface area contributed by atoms with Gasteiger partial charge in [0.25, 0.3) is 5.91 Å². The molecule has 0 bridgehead atoms. The number of hydrogen-bond acceptors (Lipinski definition) is 6. The van der Waals surface area contributed by atoms with E-state index in [9.17, 15) is 9.59 Å². The first kappa shape index (κ1) is 20.8. The Hall–Kier alpha value is -2.97. The van der Waals surface area contributed by atoms with Crippen molar-refractivity contribution in [3.8, 4) is 11.5 Å². The highest BCUT2D eigenvalue weighted by Gasteiger charge is 2.25. The molecule has 1 aliphatic rings. The zero-order valence-electron chi connectivity index (χ0n) is 15.5. The third-order valence-electron chi connectivity index (χ3n) is 3.85. The van der Waals surface area contributed by atoms with E-state index in [1.165, 1.54) is 14.0 Å². The number of aliphatic carboxylic acids is 1. The Kier molecular flexibility index (Phi) is 6.46. The average Bonchev–Trinajstić information content (AvgIpc) is 3.01. The van der Waals surface area contributed by atoms with Gasteiger partial charge < -0.3 is 19.9 Å². The molecule has 0 unspecified atom stereocenters. The molecule has 2 N–H and O–H groups in total. The molecule has 150 valence electrons. The van der Waals surface area contributed by atoms with Gasteiger partial charge in [0.2, 0.25) is 0 Å². The summed E-state index contributed by atoms with van der Waals surface area (Å²) in [7, 11) is 1.46. The summed E-state index contributed by atoms with van der Waals surface area (Å²) >= 11 is 7.12. The summed E-state index contributed by atoms with van der Waals surface area (Å²) in [5.74, 6) is -0.830. The number of amidine groups is 1. The fourth-order valence-corrected chi connectivity index (χ4v) is 3.46. The number of nitrogens with one attached hydrogen (secondary N) is 1. The Morgan fingerprint density at radius 2 is 2.07 bits per heavy atom. The van der Waals surface area contributed by atoms with Crippen molar-refractivity contribution in [3.63, 3.8) is 0 Å². The highest BCUT2D eigenvalue weighted by Crippen LogP contribution is 2.36. The summed E-state index contributed by atoms with van der Waals surface area (Å²) < 4.78 is 10.8. The zero-order chi connectivity index (χ0) is 21.0. The number of methoxy groups -OCH3 is 1. The Balaban J connectivity index is 1.92. The first-order valence-corrected chi connectivity index (χ1v) is 9.68. The van der Waals surface area contributed by atoms with Crippen LogP contribution in [0.3, 0.4) is 0 Å². The summed E-state index contributed by atoms with van der Waals surface area (Å²) in [5.41, 5.74) is 1.13. The van der Waals surface area contributed by atoms with Gasteiger partial charge in [0.05, 0.1) is 17.7 Å². The van der Waals surface area contributed by atoms with Crippen LogP contribution in [0.25, 0.3) is 6.08 Å². The second-order valence-corrected chi connectivity index (χ2v) is 7.41. The molecule has 1 amide bonds. The number of aliphatic imine (C=N–C) groups is 1. The fourth-order valence-electron chi connectivity index (χ4n) is 2.45. The van der Waals surface area contributed by atoms with Crippen LogP contribution in [0.5, 0.6) is 11.5 Å². The summed E-state index contributed by atoms with van der Waals surface area (Å²) in [6, 6.07) is 12.0. The van der Waals surface area contributed by atoms with Gasteiger partial charge in [-0.25, -0.2) is 9.79 Å². The van der Waals surface area contributed by atoms with E-state index in [1.54, 1.807) is 48.5 Å². The molecule has 0 saturated carbocycles. The summed E-state index contributed by atoms with van der Waals surface area (Å²) in [6.45, 7) is 1.42. The van der Waals surface area contributed by atoms with E-state index in [2.05, 4.69) is 10.3 Å². The molecule has 0 spiro atoms. The van der Waals surface area contributed by atoms with E-state index in [1.807, 2.05) is 0 Å². The Labute approximate surface area is 176 Å². The van der Waals surface area contributed by atoms with Gasteiger partial charge in [-0.2, -0.15) is 0 Å². The van der Waals surface area contributed by atoms with E-state index >= 15 is 0 Å². The lowest BCUT2D eigenvalue weighted by molar-refractivity contribution is -0.144. The van der Waals surface area contributed by atoms with E-state index in [0.29, 0.717) is 32.1 Å². The van der Waals surface area contributed by atoms with Crippen LogP contribution in [0.2, 0.25) is 5.02 Å². The number of nitrogens with zero attached hydrogens (tertiary/aromatic N) is 1. The minimum Gasteiger partial charge on any atom is -0.493 e. The Morgan fingerprint density at radius 3 is 2.76 bits per heavy atom. The number of carbonyl (C=O) groups excluding carboxylic acids is 1. The maximum absolute atomic E-state index is 12.4. The van der Waals surface area contributed by atoms with Gasteiger partial charge in [-0.05, 0) is 49.0 Å². The van der Waals surface area contributed by atoms with E-state index in [0.717, 1.165) is 11.8 Å². The van der Waals surface area contributed by atoms with Crippen molar-refractivity contribution < 1.29 is 24.2 Å². The molecular formula is C20H17ClN2O5S. The van der Waals surface area contributed by atoms with Gasteiger partial charge in [-0.1, -0.05) is 29.8 Å². The number of para-hydroxylation sites is 1. The summed E-state index contributed by atoms with van der Waals surface area (Å²) in [4.78, 5) is 28.3. The monoisotopic (exact) mass is 432 g/mol. The average molecular weight is 433 g/mol. The normalized spacial score (nSPS) is 17.3. The van der Waals surface area contributed by atoms with E-state index in [-0.39, 0.29) is 11.7 Å². The molecule has 2 aromatic rings. The number of thioether (sulfide) groups is 1. The molecule has 7 nitrogen and oxygen atoms in total. The molecule has 1 fully saturated rings. The van der Waals surface area contributed by atoms with Gasteiger partial charge in [-0.3, -0.25) is 4.79 Å². The highest BCUT2D eigenvalue weighted by atomic mass is 35.5. The quantitative estimate of drug-likeness (QED) is 0.667. The lowest BCUT2D eigenvalue weighted by Gasteiger charge is -2.16. The van der Waals surface area contributed by atoms with Crippen LogP contribution in [0, 0.1) is 0 Å². The molecule has 0 aliphatic carbocycles. The van der Waals surface area contributed by atoms with Gasteiger partial charge in [0.15, 0.2) is 22.8 Å². The molecule has 9 heteroatoms. The van der Waals surface area contributed by atoms with Crippen molar-refractivity contribution in [2.75, 3.05) is 7.11 Å². The molecule has 1 heterocycles. The number of rotatable bonds is 6. The predicted molar refractivity (Wildman–Crippen MR) is 113 cm³/mol. The number of ether oxygens (including phenoxy) is 2. The third kappa shape index (κ3) is 5.10. The van der Waals surface area contributed by atoms with Gasteiger partial charge >= 0.3 is 5.97 Å². The number of halogens is 1. The first-order chi connectivity index (χ1) is 13.9. The predicted octanol–water partition coefficient (Wildman–Crippen LogP) is 4.09. The number of carbonyl (C=O) groups is 2. The van der Waals surface area contributed by atoms with Crippen LogP contribution in [0.1, 0.15) is 12.5 Å². The number of amides is 1. The fraction of sp³-hybridized carbons (Fsp3) is 0.150. The summed E-state index contributed by atoms with van der Waals surface area (Å²) in [5, 5.41) is 12.8. The van der Waals surface area contributed by atoms with Crippen LogP contribution >= 0.6 is 23.4 Å². The third-order valence-corrected chi connectivity index (χ3v) is 4.99. The van der Waals surface area contributed by atoms with Crippen LogP contribution in [0.4, 0.5) is 5.69 Å². The van der Waals surface area contributed by atoms with Crippen molar-refractivity contribution in [2.24, 2.45) is 4.99 Å². The maximum Gasteiger partial charge on any atom is 0.344 e. The molecule has 29 heavy (non-hydrogen) atoms. The minimum absolute atomic E-state index is 0.242.